The Balaban J connectivity index is 2.76. The van der Waals surface area contributed by atoms with E-state index in [0.29, 0.717) is 18.9 Å². The first kappa shape index (κ1) is 16.9. The van der Waals surface area contributed by atoms with E-state index >= 15 is 0 Å². The highest BCUT2D eigenvalue weighted by atomic mass is 32.2. The second-order valence-corrected chi connectivity index (χ2v) is 6.31. The zero-order valence-electron chi connectivity index (χ0n) is 12.1. The summed E-state index contributed by atoms with van der Waals surface area (Å²) in [5.41, 5.74) is 5.62. The molecule has 114 valence electrons. The van der Waals surface area contributed by atoms with Crippen molar-refractivity contribution in [1.29, 1.82) is 0 Å². The molecule has 3 N–H and O–H groups in total. The summed E-state index contributed by atoms with van der Waals surface area (Å²) in [7, 11) is -3.52. The smallest absolute Gasteiger partial charge is 0.240 e. The number of hydrogen-bond acceptors (Lipinski definition) is 4. The Morgan fingerprint density at radius 3 is 2.40 bits per heavy atom. The molecular weight excluding hydrogens is 276 g/mol. The second kappa shape index (κ2) is 8.24. The van der Waals surface area contributed by atoms with E-state index in [-0.39, 0.29) is 10.9 Å². The van der Waals surface area contributed by atoms with Crippen molar-refractivity contribution in [3.05, 3.63) is 24.3 Å². The molecule has 1 unspecified atom stereocenters. The van der Waals surface area contributed by atoms with Gasteiger partial charge >= 0.3 is 0 Å². The fourth-order valence-electron chi connectivity index (χ4n) is 1.84. The number of nitrogens with one attached hydrogen (secondary N) is 1. The van der Waals surface area contributed by atoms with E-state index in [9.17, 15) is 8.42 Å². The topological polar surface area (TPSA) is 81.4 Å². The summed E-state index contributed by atoms with van der Waals surface area (Å²) in [6.07, 6.45) is 2.72. The molecule has 6 heteroatoms. The maximum atomic E-state index is 12.2. The van der Waals surface area contributed by atoms with Crippen LogP contribution in [0.2, 0.25) is 0 Å². The van der Waals surface area contributed by atoms with Crippen molar-refractivity contribution in [2.24, 2.45) is 5.73 Å². The van der Waals surface area contributed by atoms with Crippen molar-refractivity contribution in [3.8, 4) is 5.75 Å². The lowest BCUT2D eigenvalue weighted by molar-refractivity contribution is 0.340. The number of unbranched alkanes of at least 4 members (excludes halogenated alkanes) is 1. The monoisotopic (exact) mass is 300 g/mol. The average Bonchev–Trinajstić information content (AvgIpc) is 2.44. The Morgan fingerprint density at radius 1 is 1.25 bits per heavy atom. The Kier molecular flexibility index (Phi) is 6.98. The second-order valence-electron chi connectivity index (χ2n) is 4.60. The van der Waals surface area contributed by atoms with Crippen LogP contribution < -0.4 is 15.2 Å². The molecule has 0 aliphatic rings. The molecule has 0 spiro atoms. The van der Waals surface area contributed by atoms with Crippen molar-refractivity contribution in [1.82, 2.24) is 4.72 Å². The molecule has 0 saturated carbocycles. The number of benzene rings is 1. The first-order chi connectivity index (χ1) is 9.53. The van der Waals surface area contributed by atoms with Gasteiger partial charge in [-0.3, -0.25) is 0 Å². The molecule has 0 saturated heterocycles. The van der Waals surface area contributed by atoms with Crippen LogP contribution in [0.4, 0.5) is 0 Å². The van der Waals surface area contributed by atoms with Crippen LogP contribution in [-0.2, 0) is 10.0 Å². The van der Waals surface area contributed by atoms with Gasteiger partial charge in [0.1, 0.15) is 5.75 Å². The maximum Gasteiger partial charge on any atom is 0.240 e. The van der Waals surface area contributed by atoms with E-state index < -0.39 is 10.0 Å². The minimum atomic E-state index is -3.52. The molecule has 0 heterocycles. The van der Waals surface area contributed by atoms with E-state index in [1.807, 2.05) is 6.92 Å². The van der Waals surface area contributed by atoms with Gasteiger partial charge in [0.05, 0.1) is 11.5 Å². The van der Waals surface area contributed by atoms with Gasteiger partial charge in [0.15, 0.2) is 0 Å². The van der Waals surface area contributed by atoms with Crippen molar-refractivity contribution in [2.75, 3.05) is 13.2 Å². The Bertz CT molecular complexity index is 486. The van der Waals surface area contributed by atoms with Gasteiger partial charge in [0, 0.05) is 12.6 Å². The minimum Gasteiger partial charge on any atom is -0.494 e. The van der Waals surface area contributed by atoms with Crippen molar-refractivity contribution in [3.63, 3.8) is 0 Å². The van der Waals surface area contributed by atoms with Gasteiger partial charge < -0.3 is 10.5 Å². The van der Waals surface area contributed by atoms with E-state index in [4.69, 9.17) is 10.5 Å². The van der Waals surface area contributed by atoms with Gasteiger partial charge in [0.25, 0.3) is 0 Å². The van der Waals surface area contributed by atoms with Crippen LogP contribution in [0, 0.1) is 0 Å². The Hall–Kier alpha value is -1.11. The number of ether oxygens (including phenoxy) is 1. The molecule has 1 aromatic carbocycles. The molecule has 20 heavy (non-hydrogen) atoms. The summed E-state index contributed by atoms with van der Waals surface area (Å²) in [4.78, 5) is 0.232. The molecule has 0 aliphatic heterocycles. The molecule has 0 fully saturated rings. The van der Waals surface area contributed by atoms with Crippen LogP contribution in [0.1, 0.15) is 33.1 Å². The number of rotatable bonds is 9. The number of nitrogens with two attached hydrogens (primary N) is 1. The number of hydrogen-bond donors (Lipinski definition) is 2. The fraction of sp³-hybridized carbons (Fsp3) is 0.571. The quantitative estimate of drug-likeness (QED) is 0.729. The summed E-state index contributed by atoms with van der Waals surface area (Å²) >= 11 is 0. The van der Waals surface area contributed by atoms with Crippen molar-refractivity contribution < 1.29 is 13.2 Å². The summed E-state index contributed by atoms with van der Waals surface area (Å²) in [5.74, 6) is 0.660. The SMILES string of the molecule is CCCCC(CN)NS(=O)(=O)c1ccc(OCC)cc1. The minimum absolute atomic E-state index is 0.216. The normalized spacial score (nSPS) is 13.2. The van der Waals surface area contributed by atoms with Gasteiger partial charge in [-0.2, -0.15) is 0 Å². The summed E-state index contributed by atoms with van der Waals surface area (Å²) in [5, 5.41) is 0. The van der Waals surface area contributed by atoms with E-state index in [1.165, 1.54) is 0 Å². The van der Waals surface area contributed by atoms with Gasteiger partial charge in [-0.05, 0) is 37.6 Å². The molecule has 1 atom stereocenters. The van der Waals surface area contributed by atoms with Crippen molar-refractivity contribution in [2.45, 2.75) is 44.0 Å². The lowest BCUT2D eigenvalue weighted by Crippen LogP contribution is -2.40. The molecule has 0 bridgehead atoms. The van der Waals surface area contributed by atoms with Gasteiger partial charge in [-0.25, -0.2) is 13.1 Å². The molecule has 0 aromatic heterocycles. The third-order valence-electron chi connectivity index (χ3n) is 2.96. The van der Waals surface area contributed by atoms with Crippen LogP contribution in [0.5, 0.6) is 5.75 Å². The highest BCUT2D eigenvalue weighted by molar-refractivity contribution is 7.89. The molecule has 5 nitrogen and oxygen atoms in total. The van der Waals surface area contributed by atoms with E-state index in [1.54, 1.807) is 24.3 Å². The molecule has 0 amide bonds. The first-order valence-electron chi connectivity index (χ1n) is 6.98. The first-order valence-corrected chi connectivity index (χ1v) is 8.47. The molecule has 1 rings (SSSR count). The lowest BCUT2D eigenvalue weighted by Gasteiger charge is -2.16. The zero-order valence-corrected chi connectivity index (χ0v) is 12.9. The Labute approximate surface area is 121 Å². The van der Waals surface area contributed by atoms with Gasteiger partial charge in [-0.1, -0.05) is 19.8 Å². The van der Waals surface area contributed by atoms with Crippen LogP contribution in [-0.4, -0.2) is 27.6 Å². The van der Waals surface area contributed by atoms with E-state index in [2.05, 4.69) is 11.6 Å². The highest BCUT2D eigenvalue weighted by Gasteiger charge is 2.18. The maximum absolute atomic E-state index is 12.2. The van der Waals surface area contributed by atoms with Crippen LogP contribution in [0.25, 0.3) is 0 Å². The average molecular weight is 300 g/mol. The third-order valence-corrected chi connectivity index (χ3v) is 4.49. The predicted octanol–water partition coefficient (Wildman–Crippen LogP) is 1.88. The molecular formula is C14H24N2O3S. The highest BCUT2D eigenvalue weighted by Crippen LogP contribution is 2.16. The molecule has 1 aromatic rings. The number of sulfonamides is 1. The van der Waals surface area contributed by atoms with Crippen LogP contribution in [0.3, 0.4) is 0 Å². The third kappa shape index (κ3) is 5.11. The summed E-state index contributed by atoms with van der Waals surface area (Å²) in [6.45, 7) is 4.80. The Morgan fingerprint density at radius 2 is 1.90 bits per heavy atom. The van der Waals surface area contributed by atoms with Crippen LogP contribution >= 0.6 is 0 Å². The fourth-order valence-corrected chi connectivity index (χ4v) is 3.13. The summed E-state index contributed by atoms with van der Waals surface area (Å²) < 4.78 is 32.4. The van der Waals surface area contributed by atoms with E-state index in [0.717, 1.165) is 19.3 Å². The van der Waals surface area contributed by atoms with Crippen molar-refractivity contribution >= 4 is 10.0 Å². The molecule has 0 aliphatic carbocycles. The lowest BCUT2D eigenvalue weighted by atomic mass is 10.1. The zero-order chi connectivity index (χ0) is 15.0. The molecule has 0 radical (unpaired) electrons. The van der Waals surface area contributed by atoms with Gasteiger partial charge in [-0.15, -0.1) is 0 Å². The standard InChI is InChI=1S/C14H24N2O3S/c1-3-5-6-12(11-15)16-20(17,18)14-9-7-13(8-10-14)19-4-2/h7-10,12,16H,3-6,11,15H2,1-2H3. The largest absolute Gasteiger partial charge is 0.494 e. The predicted molar refractivity (Wildman–Crippen MR) is 80.3 cm³/mol. The van der Waals surface area contributed by atoms with Crippen LogP contribution in [0.15, 0.2) is 29.2 Å². The summed E-state index contributed by atoms with van der Waals surface area (Å²) in [6, 6.07) is 6.18. The van der Waals surface area contributed by atoms with Gasteiger partial charge in [0.2, 0.25) is 10.0 Å².